The van der Waals surface area contributed by atoms with Gasteiger partial charge in [-0.2, -0.15) is 18.3 Å². The van der Waals surface area contributed by atoms with E-state index in [0.29, 0.717) is 4.68 Å². The van der Waals surface area contributed by atoms with Crippen LogP contribution in [0.5, 0.6) is 0 Å². The van der Waals surface area contributed by atoms with Gasteiger partial charge in [-0.25, -0.2) is 9.07 Å². The Balaban J connectivity index is 2.60. The Morgan fingerprint density at radius 2 is 2.10 bits per heavy atom. The van der Waals surface area contributed by atoms with Crippen molar-refractivity contribution in [3.05, 3.63) is 47.5 Å². The van der Waals surface area contributed by atoms with E-state index in [1.807, 2.05) is 0 Å². The van der Waals surface area contributed by atoms with Gasteiger partial charge in [0.25, 0.3) is 5.91 Å². The fourth-order valence-corrected chi connectivity index (χ4v) is 1.85. The van der Waals surface area contributed by atoms with Gasteiger partial charge in [0.2, 0.25) is 0 Å². The van der Waals surface area contributed by atoms with Crippen molar-refractivity contribution in [2.24, 2.45) is 0 Å². The monoisotopic (exact) mass is 301 g/mol. The molecule has 1 N–H and O–H groups in total. The highest BCUT2D eigenvalue weighted by atomic mass is 19.4. The summed E-state index contributed by atoms with van der Waals surface area (Å²) in [4.78, 5) is 11.7. The van der Waals surface area contributed by atoms with Crippen molar-refractivity contribution in [3.8, 4) is 5.69 Å². The van der Waals surface area contributed by atoms with Gasteiger partial charge in [-0.1, -0.05) is 6.07 Å². The van der Waals surface area contributed by atoms with Gasteiger partial charge in [-0.3, -0.25) is 4.79 Å². The third kappa shape index (κ3) is 3.04. The predicted molar refractivity (Wildman–Crippen MR) is 66.5 cm³/mol. The lowest BCUT2D eigenvalue weighted by molar-refractivity contribution is -0.143. The van der Waals surface area contributed by atoms with E-state index in [0.717, 1.165) is 18.3 Å². The Morgan fingerprint density at radius 1 is 1.38 bits per heavy atom. The second-order valence-corrected chi connectivity index (χ2v) is 4.16. The lowest BCUT2D eigenvalue weighted by atomic mass is 10.2. The number of amides is 1. The molecule has 0 unspecified atom stereocenters. The fraction of sp³-hybridized carbons (Fsp3) is 0.231. The topological polar surface area (TPSA) is 46.9 Å². The van der Waals surface area contributed by atoms with Gasteiger partial charge in [0.15, 0.2) is 5.69 Å². The first-order valence-electron chi connectivity index (χ1n) is 6.04. The quantitative estimate of drug-likeness (QED) is 0.886. The van der Waals surface area contributed by atoms with E-state index in [-0.39, 0.29) is 12.2 Å². The lowest BCUT2D eigenvalue weighted by Crippen LogP contribution is -2.26. The lowest BCUT2D eigenvalue weighted by Gasteiger charge is -2.12. The number of alkyl halides is 3. The molecule has 0 aliphatic heterocycles. The van der Waals surface area contributed by atoms with Gasteiger partial charge < -0.3 is 5.32 Å². The van der Waals surface area contributed by atoms with Gasteiger partial charge in [-0.15, -0.1) is 0 Å². The van der Waals surface area contributed by atoms with Crippen molar-refractivity contribution < 1.29 is 22.4 Å². The SMILES string of the molecule is CCNC(=O)c1cnn(-c2cccc(F)c2)c1C(F)(F)F. The van der Waals surface area contributed by atoms with E-state index in [9.17, 15) is 22.4 Å². The number of benzene rings is 1. The summed E-state index contributed by atoms with van der Waals surface area (Å²) in [7, 11) is 0. The predicted octanol–water partition coefficient (Wildman–Crippen LogP) is 2.78. The Kier molecular flexibility index (Phi) is 3.97. The van der Waals surface area contributed by atoms with Crippen molar-refractivity contribution in [2.45, 2.75) is 13.1 Å². The maximum Gasteiger partial charge on any atom is 0.434 e. The molecule has 8 heteroatoms. The molecule has 2 aromatic rings. The van der Waals surface area contributed by atoms with Crippen molar-refractivity contribution in [1.29, 1.82) is 0 Å². The fourth-order valence-electron chi connectivity index (χ4n) is 1.85. The minimum atomic E-state index is -4.80. The molecule has 0 bridgehead atoms. The highest BCUT2D eigenvalue weighted by Crippen LogP contribution is 2.33. The average molecular weight is 301 g/mol. The number of nitrogens with zero attached hydrogens (tertiary/aromatic N) is 2. The van der Waals surface area contributed by atoms with E-state index in [2.05, 4.69) is 10.4 Å². The molecule has 1 amide bonds. The van der Waals surface area contributed by atoms with E-state index in [4.69, 9.17) is 0 Å². The molecule has 0 saturated heterocycles. The Hall–Kier alpha value is -2.38. The zero-order valence-electron chi connectivity index (χ0n) is 10.9. The smallest absolute Gasteiger partial charge is 0.352 e. The Labute approximate surface area is 117 Å². The average Bonchev–Trinajstić information content (AvgIpc) is 2.83. The summed E-state index contributed by atoms with van der Waals surface area (Å²) in [6.07, 6.45) is -3.98. The summed E-state index contributed by atoms with van der Waals surface area (Å²) in [6, 6.07) is 4.54. The third-order valence-electron chi connectivity index (χ3n) is 2.67. The molecule has 1 aromatic heterocycles. The maximum absolute atomic E-state index is 13.2. The van der Waals surface area contributed by atoms with Crippen LogP contribution in [0.1, 0.15) is 23.0 Å². The van der Waals surface area contributed by atoms with Gasteiger partial charge in [0.1, 0.15) is 5.82 Å². The van der Waals surface area contributed by atoms with Crippen molar-refractivity contribution in [3.63, 3.8) is 0 Å². The number of carbonyl (C=O) groups is 1. The third-order valence-corrected chi connectivity index (χ3v) is 2.67. The second-order valence-electron chi connectivity index (χ2n) is 4.16. The van der Waals surface area contributed by atoms with Crippen molar-refractivity contribution in [1.82, 2.24) is 15.1 Å². The van der Waals surface area contributed by atoms with Crippen LogP contribution >= 0.6 is 0 Å². The summed E-state index contributed by atoms with van der Waals surface area (Å²) in [5.41, 5.74) is -1.95. The van der Waals surface area contributed by atoms with Crippen molar-refractivity contribution >= 4 is 5.91 Å². The molecule has 0 radical (unpaired) electrons. The zero-order valence-corrected chi connectivity index (χ0v) is 10.9. The maximum atomic E-state index is 13.2. The molecule has 21 heavy (non-hydrogen) atoms. The van der Waals surface area contributed by atoms with E-state index >= 15 is 0 Å². The van der Waals surface area contributed by atoms with E-state index < -0.39 is 29.2 Å². The standard InChI is InChI=1S/C13H11F4N3O/c1-2-18-12(21)10-7-19-20(11(10)13(15,16)17)9-5-3-4-8(14)6-9/h3-7H,2H2,1H3,(H,18,21). The number of hydrogen-bond acceptors (Lipinski definition) is 2. The molecular weight excluding hydrogens is 290 g/mol. The number of halogens is 4. The molecule has 2 rings (SSSR count). The summed E-state index contributed by atoms with van der Waals surface area (Å²) in [5.74, 6) is -1.58. The molecule has 4 nitrogen and oxygen atoms in total. The minimum Gasteiger partial charge on any atom is -0.352 e. The van der Waals surface area contributed by atoms with Crippen LogP contribution in [-0.4, -0.2) is 22.2 Å². The number of nitrogens with one attached hydrogen (secondary N) is 1. The number of carbonyl (C=O) groups excluding carboxylic acids is 1. The molecule has 0 aliphatic carbocycles. The van der Waals surface area contributed by atoms with Crippen LogP contribution < -0.4 is 5.32 Å². The van der Waals surface area contributed by atoms with Crippen LogP contribution in [0.2, 0.25) is 0 Å². The van der Waals surface area contributed by atoms with Crippen LogP contribution in [-0.2, 0) is 6.18 Å². The Morgan fingerprint density at radius 3 is 2.67 bits per heavy atom. The Bertz CT molecular complexity index is 664. The van der Waals surface area contributed by atoms with Gasteiger partial charge >= 0.3 is 6.18 Å². The number of aromatic nitrogens is 2. The normalized spacial score (nSPS) is 11.5. The minimum absolute atomic E-state index is 0.113. The second kappa shape index (κ2) is 5.55. The molecule has 0 fully saturated rings. The molecule has 0 aliphatic rings. The number of hydrogen-bond donors (Lipinski definition) is 1. The molecule has 0 atom stereocenters. The van der Waals surface area contributed by atoms with Crippen LogP contribution in [0, 0.1) is 5.82 Å². The largest absolute Gasteiger partial charge is 0.434 e. The summed E-state index contributed by atoms with van der Waals surface area (Å²) < 4.78 is 53.3. The summed E-state index contributed by atoms with van der Waals surface area (Å²) in [6.45, 7) is 1.77. The highest BCUT2D eigenvalue weighted by molar-refractivity contribution is 5.95. The molecule has 1 aromatic carbocycles. The molecule has 112 valence electrons. The van der Waals surface area contributed by atoms with Crippen LogP contribution in [0.25, 0.3) is 5.69 Å². The first-order chi connectivity index (χ1) is 9.84. The zero-order chi connectivity index (χ0) is 15.6. The summed E-state index contributed by atoms with van der Waals surface area (Å²) >= 11 is 0. The first kappa shape index (κ1) is 15.0. The van der Waals surface area contributed by atoms with E-state index in [1.54, 1.807) is 6.92 Å². The van der Waals surface area contributed by atoms with Gasteiger partial charge in [0, 0.05) is 6.54 Å². The molecule has 0 spiro atoms. The number of rotatable bonds is 3. The van der Waals surface area contributed by atoms with Crippen LogP contribution in [0.3, 0.4) is 0 Å². The molecule has 1 heterocycles. The van der Waals surface area contributed by atoms with Crippen molar-refractivity contribution in [2.75, 3.05) is 6.54 Å². The van der Waals surface area contributed by atoms with Gasteiger partial charge in [0.05, 0.1) is 17.4 Å². The molecule has 0 saturated carbocycles. The molecular formula is C13H11F4N3O. The van der Waals surface area contributed by atoms with Crippen LogP contribution in [0.4, 0.5) is 17.6 Å². The first-order valence-corrected chi connectivity index (χ1v) is 6.04. The summed E-state index contributed by atoms with van der Waals surface area (Å²) in [5, 5.41) is 5.85. The van der Waals surface area contributed by atoms with Gasteiger partial charge in [-0.05, 0) is 25.1 Å². The highest BCUT2D eigenvalue weighted by Gasteiger charge is 2.40. The van der Waals surface area contributed by atoms with E-state index in [1.165, 1.54) is 12.1 Å². The van der Waals surface area contributed by atoms with Crippen LogP contribution in [0.15, 0.2) is 30.5 Å².